The molecule has 2 rings (SSSR count). The molecule has 1 aliphatic rings. The second-order valence-electron chi connectivity index (χ2n) is 3.28. The Morgan fingerprint density at radius 3 is 3.08 bits per heavy atom. The number of hydrogen-bond acceptors (Lipinski definition) is 4. The summed E-state index contributed by atoms with van der Waals surface area (Å²) in [6, 6.07) is 0.557. The van der Waals surface area contributed by atoms with E-state index in [2.05, 4.69) is 21.9 Å². The lowest BCUT2D eigenvalue weighted by atomic mass is 10.1. The van der Waals surface area contributed by atoms with Gasteiger partial charge in [-0.1, -0.05) is 0 Å². The molecule has 0 spiro atoms. The first kappa shape index (κ1) is 8.44. The Bertz CT molecular complexity index is 265. The van der Waals surface area contributed by atoms with Gasteiger partial charge in [0.1, 0.15) is 6.61 Å². The highest BCUT2D eigenvalue weighted by atomic mass is 16.5. The molecule has 1 atom stereocenters. The second kappa shape index (κ2) is 3.70. The summed E-state index contributed by atoms with van der Waals surface area (Å²) in [5.74, 6) is 0.614. The van der Waals surface area contributed by atoms with Crippen LogP contribution in [0.1, 0.15) is 6.42 Å². The van der Waals surface area contributed by atoms with E-state index in [1.54, 1.807) is 18.6 Å². The minimum absolute atomic E-state index is 0.557. The Morgan fingerprint density at radius 2 is 2.54 bits per heavy atom. The highest BCUT2D eigenvalue weighted by Crippen LogP contribution is 2.15. The molecular weight excluding hydrogens is 166 g/mol. The van der Waals surface area contributed by atoms with Crippen molar-refractivity contribution >= 4 is 0 Å². The third kappa shape index (κ3) is 1.95. The van der Waals surface area contributed by atoms with E-state index in [1.165, 1.54) is 13.0 Å². The number of nitrogens with zero attached hydrogens (tertiary/aromatic N) is 3. The monoisotopic (exact) mass is 179 g/mol. The van der Waals surface area contributed by atoms with Gasteiger partial charge in [-0.05, 0) is 20.0 Å². The zero-order valence-electron chi connectivity index (χ0n) is 7.68. The minimum Gasteiger partial charge on any atom is -0.475 e. The molecule has 1 fully saturated rings. The molecule has 13 heavy (non-hydrogen) atoms. The van der Waals surface area contributed by atoms with Crippen molar-refractivity contribution in [2.75, 3.05) is 20.2 Å². The van der Waals surface area contributed by atoms with Gasteiger partial charge in [0.15, 0.2) is 0 Å². The van der Waals surface area contributed by atoms with E-state index in [1.807, 2.05) is 0 Å². The first-order valence-corrected chi connectivity index (χ1v) is 4.45. The third-order valence-corrected chi connectivity index (χ3v) is 2.40. The molecule has 0 aliphatic carbocycles. The molecule has 0 bridgehead atoms. The smallest absolute Gasteiger partial charge is 0.232 e. The molecule has 0 aromatic carbocycles. The van der Waals surface area contributed by atoms with Crippen LogP contribution < -0.4 is 4.74 Å². The van der Waals surface area contributed by atoms with Crippen LogP contribution in [0, 0.1) is 0 Å². The van der Waals surface area contributed by atoms with E-state index in [4.69, 9.17) is 4.74 Å². The van der Waals surface area contributed by atoms with Gasteiger partial charge in [-0.3, -0.25) is 9.88 Å². The molecule has 1 unspecified atom stereocenters. The topological polar surface area (TPSA) is 38.2 Å². The largest absolute Gasteiger partial charge is 0.475 e. The van der Waals surface area contributed by atoms with Gasteiger partial charge in [0, 0.05) is 18.4 Å². The van der Waals surface area contributed by atoms with Crippen LogP contribution in [0.2, 0.25) is 0 Å². The Labute approximate surface area is 77.6 Å². The summed E-state index contributed by atoms with van der Waals surface area (Å²) in [5.41, 5.74) is 0. The first-order chi connectivity index (χ1) is 6.36. The fourth-order valence-electron chi connectivity index (χ4n) is 1.32. The molecule has 1 aromatic rings. The van der Waals surface area contributed by atoms with Crippen molar-refractivity contribution in [1.82, 2.24) is 14.9 Å². The summed E-state index contributed by atoms with van der Waals surface area (Å²) >= 11 is 0. The van der Waals surface area contributed by atoms with E-state index in [9.17, 15) is 0 Å². The molecule has 0 N–H and O–H groups in total. The van der Waals surface area contributed by atoms with Crippen molar-refractivity contribution in [1.29, 1.82) is 0 Å². The van der Waals surface area contributed by atoms with Crippen molar-refractivity contribution in [3.05, 3.63) is 18.6 Å². The average molecular weight is 179 g/mol. The SMILES string of the molecule is CN1CCC1COc1cnccn1. The predicted molar refractivity (Wildman–Crippen MR) is 48.6 cm³/mol. The molecule has 4 nitrogen and oxygen atoms in total. The molecule has 0 amide bonds. The van der Waals surface area contributed by atoms with Gasteiger partial charge in [0.25, 0.3) is 0 Å². The van der Waals surface area contributed by atoms with Gasteiger partial charge >= 0.3 is 0 Å². The maximum Gasteiger partial charge on any atom is 0.232 e. The van der Waals surface area contributed by atoms with Crippen LogP contribution in [0.4, 0.5) is 0 Å². The van der Waals surface area contributed by atoms with Crippen molar-refractivity contribution < 1.29 is 4.74 Å². The lowest BCUT2D eigenvalue weighted by Crippen LogP contribution is -2.48. The van der Waals surface area contributed by atoms with Gasteiger partial charge in [-0.25, -0.2) is 4.98 Å². The number of likely N-dealkylation sites (tertiary alicyclic amines) is 1. The van der Waals surface area contributed by atoms with Crippen LogP contribution in [-0.4, -0.2) is 41.1 Å². The lowest BCUT2D eigenvalue weighted by molar-refractivity contribution is 0.0749. The molecule has 0 radical (unpaired) electrons. The zero-order chi connectivity index (χ0) is 9.10. The van der Waals surface area contributed by atoms with Gasteiger partial charge < -0.3 is 4.74 Å². The highest BCUT2D eigenvalue weighted by molar-refractivity contribution is 5.01. The predicted octanol–water partition coefficient (Wildman–Crippen LogP) is 0.559. The fraction of sp³-hybridized carbons (Fsp3) is 0.556. The number of likely N-dealkylation sites (N-methyl/N-ethyl adjacent to an activating group) is 1. The Balaban J connectivity index is 1.80. The van der Waals surface area contributed by atoms with Crippen molar-refractivity contribution in [2.45, 2.75) is 12.5 Å². The summed E-state index contributed by atoms with van der Waals surface area (Å²) in [6.45, 7) is 1.89. The Hall–Kier alpha value is -1.16. The maximum atomic E-state index is 5.47. The number of hydrogen-bond donors (Lipinski definition) is 0. The number of ether oxygens (including phenoxy) is 1. The molecular formula is C9H13N3O. The second-order valence-corrected chi connectivity index (χ2v) is 3.28. The van der Waals surface area contributed by atoms with E-state index in [0.29, 0.717) is 11.9 Å². The van der Waals surface area contributed by atoms with Gasteiger partial charge in [0.05, 0.1) is 6.20 Å². The molecule has 2 heterocycles. The molecule has 0 saturated carbocycles. The van der Waals surface area contributed by atoms with E-state index in [-0.39, 0.29) is 0 Å². The normalized spacial score (nSPS) is 22.4. The van der Waals surface area contributed by atoms with Gasteiger partial charge in [0.2, 0.25) is 5.88 Å². The van der Waals surface area contributed by atoms with E-state index >= 15 is 0 Å². The van der Waals surface area contributed by atoms with Crippen LogP contribution in [0.3, 0.4) is 0 Å². The van der Waals surface area contributed by atoms with Crippen LogP contribution in [0.15, 0.2) is 18.6 Å². The standard InChI is InChI=1S/C9H13N3O/c1-12-5-2-8(12)7-13-9-6-10-3-4-11-9/h3-4,6,8H,2,5,7H2,1H3. The molecule has 1 saturated heterocycles. The summed E-state index contributed by atoms with van der Waals surface area (Å²) < 4.78 is 5.47. The highest BCUT2D eigenvalue weighted by Gasteiger charge is 2.24. The van der Waals surface area contributed by atoms with Crippen LogP contribution in [-0.2, 0) is 0 Å². The molecule has 70 valence electrons. The summed E-state index contributed by atoms with van der Waals surface area (Å²) in [6.07, 6.45) is 6.14. The van der Waals surface area contributed by atoms with Crippen molar-refractivity contribution in [3.63, 3.8) is 0 Å². The summed E-state index contributed by atoms with van der Waals surface area (Å²) in [7, 11) is 2.11. The maximum absolute atomic E-state index is 5.47. The average Bonchev–Trinajstić information content (AvgIpc) is 2.17. The van der Waals surface area contributed by atoms with E-state index < -0.39 is 0 Å². The van der Waals surface area contributed by atoms with Gasteiger partial charge in [-0.2, -0.15) is 0 Å². The van der Waals surface area contributed by atoms with E-state index in [0.717, 1.165) is 6.61 Å². The summed E-state index contributed by atoms with van der Waals surface area (Å²) in [4.78, 5) is 10.2. The van der Waals surface area contributed by atoms with Crippen LogP contribution in [0.5, 0.6) is 5.88 Å². The number of rotatable bonds is 3. The molecule has 1 aliphatic heterocycles. The Kier molecular flexibility index (Phi) is 2.40. The van der Waals surface area contributed by atoms with Crippen molar-refractivity contribution in [2.24, 2.45) is 0 Å². The van der Waals surface area contributed by atoms with Crippen LogP contribution >= 0.6 is 0 Å². The minimum atomic E-state index is 0.557. The number of aromatic nitrogens is 2. The first-order valence-electron chi connectivity index (χ1n) is 4.45. The quantitative estimate of drug-likeness (QED) is 0.679. The van der Waals surface area contributed by atoms with Crippen molar-refractivity contribution in [3.8, 4) is 5.88 Å². The molecule has 4 heteroatoms. The third-order valence-electron chi connectivity index (χ3n) is 2.40. The Morgan fingerprint density at radius 1 is 1.62 bits per heavy atom. The van der Waals surface area contributed by atoms with Crippen LogP contribution in [0.25, 0.3) is 0 Å². The lowest BCUT2D eigenvalue weighted by Gasteiger charge is -2.37. The summed E-state index contributed by atoms with van der Waals surface area (Å²) in [5, 5.41) is 0. The zero-order valence-corrected chi connectivity index (χ0v) is 7.68. The molecule has 1 aromatic heterocycles. The fourth-order valence-corrected chi connectivity index (χ4v) is 1.32. The van der Waals surface area contributed by atoms with Gasteiger partial charge in [-0.15, -0.1) is 0 Å².